The van der Waals surface area contributed by atoms with E-state index in [2.05, 4.69) is 10.3 Å². The number of pyridine rings is 1. The average Bonchev–Trinajstić information content (AvgIpc) is 2.62. The van der Waals surface area contributed by atoms with E-state index in [0.29, 0.717) is 21.2 Å². The highest BCUT2D eigenvalue weighted by atomic mass is 35.5. The van der Waals surface area contributed by atoms with Gasteiger partial charge in [-0.3, -0.25) is 14.6 Å². The maximum Gasteiger partial charge on any atom is 0.253 e. The molecule has 0 aliphatic rings. The Hall–Kier alpha value is -2.63. The number of nitrogens with one attached hydrogen (secondary N) is 1. The Morgan fingerprint density at radius 3 is 2.62 bits per heavy atom. The highest BCUT2D eigenvalue weighted by Crippen LogP contribution is 2.22. The zero-order valence-electron chi connectivity index (χ0n) is 13.6. The first-order chi connectivity index (χ1) is 12.4. The molecule has 0 unspecified atom stereocenters. The van der Waals surface area contributed by atoms with Crippen LogP contribution in [0.25, 0.3) is 10.9 Å². The number of hydrogen-bond donors (Lipinski definition) is 2. The van der Waals surface area contributed by atoms with Crippen molar-refractivity contribution in [3.05, 3.63) is 75.9 Å². The minimum Gasteiger partial charge on any atom is -0.368 e. The number of fused-ring (bicyclic) bond motifs is 1. The lowest BCUT2D eigenvalue weighted by Crippen LogP contribution is -2.45. The van der Waals surface area contributed by atoms with E-state index in [1.807, 2.05) is 24.3 Å². The van der Waals surface area contributed by atoms with Crippen LogP contribution in [0.2, 0.25) is 10.0 Å². The molecule has 0 spiro atoms. The molecule has 3 rings (SSSR count). The summed E-state index contributed by atoms with van der Waals surface area (Å²) in [5.74, 6) is -1.09. The number of nitrogens with two attached hydrogens (primary N) is 1. The molecule has 0 fully saturated rings. The summed E-state index contributed by atoms with van der Waals surface area (Å²) in [7, 11) is 0. The molecule has 26 heavy (non-hydrogen) atoms. The van der Waals surface area contributed by atoms with Gasteiger partial charge in [-0.25, -0.2) is 0 Å². The van der Waals surface area contributed by atoms with Crippen LogP contribution < -0.4 is 11.1 Å². The Bertz CT molecular complexity index is 991. The number of carbonyl (C=O) groups excluding carboxylic acids is 2. The number of para-hydroxylation sites is 1. The first-order valence-corrected chi connectivity index (χ1v) is 8.58. The number of hydrogen-bond acceptors (Lipinski definition) is 3. The van der Waals surface area contributed by atoms with E-state index >= 15 is 0 Å². The molecule has 132 valence electrons. The Labute approximate surface area is 160 Å². The van der Waals surface area contributed by atoms with Crippen molar-refractivity contribution >= 4 is 45.9 Å². The largest absolute Gasteiger partial charge is 0.368 e. The standard InChI is InChI=1S/C19H15Cl2N3O2/c20-14-6-5-11(15(21)9-14)8-17(18(22)25)24-19(26)13-7-12-3-1-2-4-16(12)23-10-13/h1-7,9-10,17H,8H2,(H2,22,25)(H,24,26)/t17-/m0/s1. The first kappa shape index (κ1) is 18.2. The average molecular weight is 388 g/mol. The van der Waals surface area contributed by atoms with Gasteiger partial charge >= 0.3 is 0 Å². The number of benzene rings is 2. The van der Waals surface area contributed by atoms with Gasteiger partial charge in [-0.05, 0) is 29.8 Å². The Balaban J connectivity index is 1.80. The molecule has 0 aliphatic heterocycles. The second-order valence-corrected chi connectivity index (χ2v) is 6.63. The van der Waals surface area contributed by atoms with Crippen LogP contribution >= 0.6 is 23.2 Å². The summed E-state index contributed by atoms with van der Waals surface area (Å²) in [4.78, 5) is 28.6. The Morgan fingerprint density at radius 1 is 1.12 bits per heavy atom. The van der Waals surface area contributed by atoms with Crippen LogP contribution in [0, 0.1) is 0 Å². The van der Waals surface area contributed by atoms with Gasteiger partial charge < -0.3 is 11.1 Å². The highest BCUT2D eigenvalue weighted by molar-refractivity contribution is 6.35. The predicted molar refractivity (Wildman–Crippen MR) is 102 cm³/mol. The molecule has 0 radical (unpaired) electrons. The van der Waals surface area contributed by atoms with Gasteiger partial charge in [0.2, 0.25) is 5.91 Å². The van der Waals surface area contributed by atoms with Crippen LogP contribution in [0.1, 0.15) is 15.9 Å². The summed E-state index contributed by atoms with van der Waals surface area (Å²) in [5, 5.41) is 4.37. The molecular weight excluding hydrogens is 373 g/mol. The molecule has 7 heteroatoms. The second-order valence-electron chi connectivity index (χ2n) is 5.78. The van der Waals surface area contributed by atoms with Crippen molar-refractivity contribution < 1.29 is 9.59 Å². The number of carbonyl (C=O) groups is 2. The van der Waals surface area contributed by atoms with Crippen molar-refractivity contribution in [3.63, 3.8) is 0 Å². The second kappa shape index (κ2) is 7.72. The zero-order valence-corrected chi connectivity index (χ0v) is 15.1. The third-order valence-corrected chi connectivity index (χ3v) is 4.53. The van der Waals surface area contributed by atoms with E-state index in [4.69, 9.17) is 28.9 Å². The number of amides is 2. The maximum atomic E-state index is 12.5. The minimum atomic E-state index is -0.910. The number of nitrogens with zero attached hydrogens (tertiary/aromatic N) is 1. The number of aromatic nitrogens is 1. The quantitative estimate of drug-likeness (QED) is 0.703. The van der Waals surface area contributed by atoms with Crippen molar-refractivity contribution in [2.45, 2.75) is 12.5 Å². The minimum absolute atomic E-state index is 0.165. The van der Waals surface area contributed by atoms with Gasteiger partial charge in [0.15, 0.2) is 0 Å². The van der Waals surface area contributed by atoms with E-state index in [1.165, 1.54) is 6.20 Å². The smallest absolute Gasteiger partial charge is 0.253 e. The van der Waals surface area contributed by atoms with E-state index < -0.39 is 17.9 Å². The Kier molecular flexibility index (Phi) is 5.40. The third kappa shape index (κ3) is 4.12. The summed E-state index contributed by atoms with van der Waals surface area (Å²) in [6.07, 6.45) is 1.63. The van der Waals surface area contributed by atoms with Crippen LogP contribution in [0.5, 0.6) is 0 Å². The third-order valence-electron chi connectivity index (χ3n) is 3.94. The molecule has 3 N–H and O–H groups in total. The van der Waals surface area contributed by atoms with Gasteiger partial charge in [0.05, 0.1) is 11.1 Å². The fourth-order valence-corrected chi connectivity index (χ4v) is 3.05. The molecule has 3 aromatic rings. The fraction of sp³-hybridized carbons (Fsp3) is 0.105. The van der Waals surface area contributed by atoms with E-state index in [9.17, 15) is 9.59 Å². The van der Waals surface area contributed by atoms with Crippen LogP contribution in [0.15, 0.2) is 54.7 Å². The van der Waals surface area contributed by atoms with Crippen LogP contribution in [-0.2, 0) is 11.2 Å². The van der Waals surface area contributed by atoms with Crippen LogP contribution in [-0.4, -0.2) is 22.8 Å². The van der Waals surface area contributed by atoms with Crippen LogP contribution in [0.3, 0.4) is 0 Å². The molecule has 5 nitrogen and oxygen atoms in total. The normalized spacial score (nSPS) is 11.9. The molecule has 1 atom stereocenters. The maximum absolute atomic E-state index is 12.5. The molecule has 1 aromatic heterocycles. The Morgan fingerprint density at radius 2 is 1.88 bits per heavy atom. The van der Waals surface area contributed by atoms with Gasteiger partial charge in [0.1, 0.15) is 6.04 Å². The van der Waals surface area contributed by atoms with Crippen molar-refractivity contribution in [1.29, 1.82) is 0 Å². The molecule has 0 aliphatic carbocycles. The topological polar surface area (TPSA) is 85.1 Å². The molecular formula is C19H15Cl2N3O2. The van der Waals surface area contributed by atoms with Crippen molar-refractivity contribution in [2.24, 2.45) is 5.73 Å². The van der Waals surface area contributed by atoms with E-state index in [-0.39, 0.29) is 6.42 Å². The lowest BCUT2D eigenvalue weighted by Gasteiger charge is -2.16. The molecule has 0 saturated carbocycles. The fourth-order valence-electron chi connectivity index (χ4n) is 2.57. The zero-order chi connectivity index (χ0) is 18.7. The molecule has 1 heterocycles. The van der Waals surface area contributed by atoms with Gasteiger partial charge in [-0.1, -0.05) is 47.5 Å². The summed E-state index contributed by atoms with van der Waals surface area (Å²) in [6, 6.07) is 13.2. The molecule has 2 amide bonds. The first-order valence-electron chi connectivity index (χ1n) is 7.83. The lowest BCUT2D eigenvalue weighted by atomic mass is 10.0. The molecule has 0 bridgehead atoms. The van der Waals surface area contributed by atoms with Crippen molar-refractivity contribution in [2.75, 3.05) is 0 Å². The SMILES string of the molecule is NC(=O)[C@H](Cc1ccc(Cl)cc1Cl)NC(=O)c1cnc2ccccc2c1. The number of primary amides is 1. The summed E-state index contributed by atoms with van der Waals surface area (Å²) >= 11 is 12.0. The monoisotopic (exact) mass is 387 g/mol. The van der Waals surface area contributed by atoms with E-state index in [1.54, 1.807) is 24.3 Å². The predicted octanol–water partition coefficient (Wildman–Crippen LogP) is 3.37. The highest BCUT2D eigenvalue weighted by Gasteiger charge is 2.21. The summed E-state index contributed by atoms with van der Waals surface area (Å²) < 4.78 is 0. The van der Waals surface area contributed by atoms with Crippen molar-refractivity contribution in [3.8, 4) is 0 Å². The van der Waals surface area contributed by atoms with Gasteiger partial charge in [0.25, 0.3) is 5.91 Å². The molecule has 2 aromatic carbocycles. The van der Waals surface area contributed by atoms with Crippen molar-refractivity contribution in [1.82, 2.24) is 10.3 Å². The lowest BCUT2D eigenvalue weighted by molar-refractivity contribution is -0.119. The molecule has 0 saturated heterocycles. The number of rotatable bonds is 5. The van der Waals surface area contributed by atoms with Gasteiger partial charge in [-0.2, -0.15) is 0 Å². The summed E-state index contributed by atoms with van der Waals surface area (Å²) in [6.45, 7) is 0. The van der Waals surface area contributed by atoms with Crippen LogP contribution in [0.4, 0.5) is 0 Å². The summed E-state index contributed by atoms with van der Waals surface area (Å²) in [5.41, 5.74) is 7.23. The number of halogens is 2. The van der Waals surface area contributed by atoms with Gasteiger partial charge in [-0.15, -0.1) is 0 Å². The van der Waals surface area contributed by atoms with Gasteiger partial charge in [0, 0.05) is 28.0 Å². The van der Waals surface area contributed by atoms with E-state index in [0.717, 1.165) is 10.9 Å².